The standard InChI is InChI=1S/C12H16BrN3O2/c13-10-3-4-12(16(17)18)11(6-10)15-8-9-2-1-5-14-7-9/h3-4,6,9,14-15H,1-2,5,7-8H2. The van der Waals surface area contributed by atoms with Gasteiger partial charge in [-0.25, -0.2) is 0 Å². The molecule has 1 aromatic carbocycles. The Bertz CT molecular complexity index is 433. The van der Waals surface area contributed by atoms with Crippen molar-refractivity contribution in [2.75, 3.05) is 25.0 Å². The van der Waals surface area contributed by atoms with Crippen molar-refractivity contribution in [3.05, 3.63) is 32.8 Å². The highest BCUT2D eigenvalue weighted by atomic mass is 79.9. The second-order valence-corrected chi connectivity index (χ2v) is 5.43. The second kappa shape index (κ2) is 6.15. The van der Waals surface area contributed by atoms with Crippen LogP contribution >= 0.6 is 15.9 Å². The van der Waals surface area contributed by atoms with Gasteiger partial charge in [-0.3, -0.25) is 10.1 Å². The largest absolute Gasteiger partial charge is 0.379 e. The summed E-state index contributed by atoms with van der Waals surface area (Å²) in [6, 6.07) is 4.96. The molecule has 1 atom stereocenters. The number of nitro groups is 1. The molecule has 1 fully saturated rings. The Morgan fingerprint density at radius 1 is 1.56 bits per heavy atom. The molecular weight excluding hydrogens is 298 g/mol. The molecule has 1 aromatic rings. The van der Waals surface area contributed by atoms with Crippen molar-refractivity contribution in [2.45, 2.75) is 12.8 Å². The summed E-state index contributed by atoms with van der Waals surface area (Å²) in [6.45, 7) is 2.83. The molecule has 1 saturated heterocycles. The van der Waals surface area contributed by atoms with E-state index in [0.29, 0.717) is 11.6 Å². The minimum absolute atomic E-state index is 0.127. The minimum atomic E-state index is -0.353. The van der Waals surface area contributed by atoms with E-state index in [1.165, 1.54) is 18.9 Å². The number of nitrogens with zero attached hydrogens (tertiary/aromatic N) is 1. The molecule has 1 unspecified atom stereocenters. The fourth-order valence-corrected chi connectivity index (χ4v) is 2.52. The molecule has 2 rings (SSSR count). The predicted octanol–water partition coefficient (Wildman–Crippen LogP) is 2.77. The molecule has 0 spiro atoms. The summed E-state index contributed by atoms with van der Waals surface area (Å²) in [5.41, 5.74) is 0.710. The normalized spacial score (nSPS) is 19.5. The number of nitrogens with one attached hydrogen (secondary N) is 2. The van der Waals surface area contributed by atoms with Crippen molar-refractivity contribution in [2.24, 2.45) is 5.92 Å². The Hall–Kier alpha value is -1.14. The summed E-state index contributed by atoms with van der Waals surface area (Å²) in [4.78, 5) is 10.6. The van der Waals surface area contributed by atoms with Crippen molar-refractivity contribution >= 4 is 27.3 Å². The van der Waals surface area contributed by atoms with Gasteiger partial charge in [-0.15, -0.1) is 0 Å². The molecule has 18 heavy (non-hydrogen) atoms. The van der Waals surface area contributed by atoms with E-state index in [9.17, 15) is 10.1 Å². The monoisotopic (exact) mass is 313 g/mol. The third-order valence-electron chi connectivity index (χ3n) is 3.14. The first kappa shape index (κ1) is 13.3. The maximum Gasteiger partial charge on any atom is 0.292 e. The fraction of sp³-hybridized carbons (Fsp3) is 0.500. The molecule has 0 radical (unpaired) electrons. The number of hydrogen-bond acceptors (Lipinski definition) is 4. The molecule has 98 valence electrons. The number of nitro benzene ring substituents is 1. The molecule has 5 nitrogen and oxygen atoms in total. The summed E-state index contributed by atoms with van der Waals surface area (Å²) < 4.78 is 0.845. The van der Waals surface area contributed by atoms with Crippen LogP contribution in [0.15, 0.2) is 22.7 Å². The lowest BCUT2D eigenvalue weighted by molar-refractivity contribution is -0.384. The maximum absolute atomic E-state index is 10.9. The van der Waals surface area contributed by atoms with Crippen LogP contribution in [0.25, 0.3) is 0 Å². The fourth-order valence-electron chi connectivity index (χ4n) is 2.16. The molecule has 0 saturated carbocycles. The highest BCUT2D eigenvalue weighted by Crippen LogP contribution is 2.28. The molecule has 1 heterocycles. The molecule has 6 heteroatoms. The van der Waals surface area contributed by atoms with Gasteiger partial charge in [0, 0.05) is 17.1 Å². The van der Waals surface area contributed by atoms with Gasteiger partial charge in [0.15, 0.2) is 0 Å². The zero-order chi connectivity index (χ0) is 13.0. The number of rotatable bonds is 4. The van der Waals surface area contributed by atoms with E-state index in [4.69, 9.17) is 0 Å². The summed E-state index contributed by atoms with van der Waals surface area (Å²) in [5.74, 6) is 0.539. The van der Waals surface area contributed by atoms with Crippen molar-refractivity contribution in [1.29, 1.82) is 0 Å². The van der Waals surface area contributed by atoms with Crippen LogP contribution in [-0.4, -0.2) is 24.6 Å². The summed E-state index contributed by atoms with van der Waals surface area (Å²) >= 11 is 3.34. The number of piperidine rings is 1. The third-order valence-corrected chi connectivity index (χ3v) is 3.63. The molecule has 0 bridgehead atoms. The Balaban J connectivity index is 2.03. The van der Waals surface area contributed by atoms with Crippen LogP contribution < -0.4 is 10.6 Å². The van der Waals surface area contributed by atoms with E-state index in [1.807, 2.05) is 0 Å². The topological polar surface area (TPSA) is 67.2 Å². The van der Waals surface area contributed by atoms with Gasteiger partial charge in [0.2, 0.25) is 0 Å². The number of hydrogen-bond donors (Lipinski definition) is 2. The van der Waals surface area contributed by atoms with Gasteiger partial charge in [-0.1, -0.05) is 15.9 Å². The first-order valence-electron chi connectivity index (χ1n) is 6.05. The lowest BCUT2D eigenvalue weighted by atomic mass is 10.00. The Kier molecular flexibility index (Phi) is 4.54. The number of halogens is 1. The van der Waals surface area contributed by atoms with E-state index in [1.54, 1.807) is 12.1 Å². The SMILES string of the molecule is O=[N+]([O-])c1ccc(Br)cc1NCC1CCCNC1. The lowest BCUT2D eigenvalue weighted by Crippen LogP contribution is -2.33. The van der Waals surface area contributed by atoms with E-state index in [-0.39, 0.29) is 10.6 Å². The maximum atomic E-state index is 10.9. The van der Waals surface area contributed by atoms with Crippen LogP contribution in [0.5, 0.6) is 0 Å². The lowest BCUT2D eigenvalue weighted by Gasteiger charge is -2.23. The van der Waals surface area contributed by atoms with Crippen LogP contribution in [0.2, 0.25) is 0 Å². The summed E-state index contributed by atoms with van der Waals surface area (Å²) in [5, 5.41) is 17.5. The average molecular weight is 314 g/mol. The van der Waals surface area contributed by atoms with Gasteiger partial charge < -0.3 is 10.6 Å². The van der Waals surface area contributed by atoms with Crippen molar-refractivity contribution < 1.29 is 4.92 Å². The quantitative estimate of drug-likeness (QED) is 0.662. The van der Waals surface area contributed by atoms with Crippen molar-refractivity contribution in [3.63, 3.8) is 0 Å². The van der Waals surface area contributed by atoms with Crippen molar-refractivity contribution in [1.82, 2.24) is 5.32 Å². The second-order valence-electron chi connectivity index (χ2n) is 4.51. The predicted molar refractivity (Wildman–Crippen MR) is 74.9 cm³/mol. The molecule has 1 aliphatic rings. The highest BCUT2D eigenvalue weighted by molar-refractivity contribution is 9.10. The molecular formula is C12H16BrN3O2. The van der Waals surface area contributed by atoms with Gasteiger partial charge in [-0.05, 0) is 44.0 Å². The third kappa shape index (κ3) is 3.43. The number of benzene rings is 1. The van der Waals surface area contributed by atoms with E-state index < -0.39 is 0 Å². The summed E-state index contributed by atoms with van der Waals surface area (Å²) in [7, 11) is 0. The van der Waals surface area contributed by atoms with Gasteiger partial charge in [-0.2, -0.15) is 0 Å². The molecule has 0 aliphatic carbocycles. The van der Waals surface area contributed by atoms with Crippen LogP contribution in [0.4, 0.5) is 11.4 Å². The van der Waals surface area contributed by atoms with Gasteiger partial charge in [0.25, 0.3) is 5.69 Å². The summed E-state index contributed by atoms with van der Waals surface area (Å²) in [6.07, 6.45) is 2.34. The Labute approximate surface area is 114 Å². The van der Waals surface area contributed by atoms with Gasteiger partial charge >= 0.3 is 0 Å². The van der Waals surface area contributed by atoms with Crippen LogP contribution in [0, 0.1) is 16.0 Å². The molecule has 2 N–H and O–H groups in total. The van der Waals surface area contributed by atoms with Gasteiger partial charge in [0.1, 0.15) is 5.69 Å². The van der Waals surface area contributed by atoms with Crippen molar-refractivity contribution in [3.8, 4) is 0 Å². The molecule has 1 aliphatic heterocycles. The first-order valence-corrected chi connectivity index (χ1v) is 6.84. The molecule has 0 amide bonds. The van der Waals surface area contributed by atoms with E-state index in [2.05, 4.69) is 26.6 Å². The molecule has 0 aromatic heterocycles. The highest BCUT2D eigenvalue weighted by Gasteiger charge is 2.17. The van der Waals surface area contributed by atoms with Gasteiger partial charge in [0.05, 0.1) is 4.92 Å². The Morgan fingerprint density at radius 3 is 3.06 bits per heavy atom. The minimum Gasteiger partial charge on any atom is -0.379 e. The van der Waals surface area contributed by atoms with Crippen LogP contribution in [0.3, 0.4) is 0 Å². The van der Waals surface area contributed by atoms with Crippen LogP contribution in [0.1, 0.15) is 12.8 Å². The average Bonchev–Trinajstić information content (AvgIpc) is 2.37. The zero-order valence-electron chi connectivity index (χ0n) is 9.99. The first-order chi connectivity index (χ1) is 8.66. The van der Waals surface area contributed by atoms with E-state index in [0.717, 1.165) is 24.1 Å². The number of anilines is 1. The Morgan fingerprint density at radius 2 is 2.39 bits per heavy atom. The zero-order valence-corrected chi connectivity index (χ0v) is 11.6. The van der Waals surface area contributed by atoms with E-state index >= 15 is 0 Å². The van der Waals surface area contributed by atoms with Crippen LogP contribution in [-0.2, 0) is 0 Å². The smallest absolute Gasteiger partial charge is 0.292 e.